The molecule has 0 aliphatic heterocycles. The second kappa shape index (κ2) is 8.76. The number of hydrogen-bond acceptors (Lipinski definition) is 0. The Labute approximate surface area is 217 Å². The fraction of sp³-hybridized carbons (Fsp3) is 0.0270. The maximum absolute atomic E-state index is 2.35. The molecule has 0 amide bonds. The van der Waals surface area contributed by atoms with E-state index in [0.29, 0.717) is 0 Å². The van der Waals surface area contributed by atoms with Crippen molar-refractivity contribution >= 4 is 32.3 Å². The molecule has 0 unspecified atom stereocenters. The molecule has 0 N–H and O–H groups in total. The van der Waals surface area contributed by atoms with Gasteiger partial charge in [-0.25, -0.2) is 0 Å². The van der Waals surface area contributed by atoms with Gasteiger partial charge >= 0.3 is 0 Å². The fourth-order valence-electron chi connectivity index (χ4n) is 5.76. The molecule has 0 heterocycles. The first-order chi connectivity index (χ1) is 18.3. The van der Waals surface area contributed by atoms with Gasteiger partial charge in [0.25, 0.3) is 0 Å². The van der Waals surface area contributed by atoms with Crippen molar-refractivity contribution in [3.63, 3.8) is 0 Å². The summed E-state index contributed by atoms with van der Waals surface area (Å²) < 4.78 is 0. The molecule has 0 spiro atoms. The van der Waals surface area contributed by atoms with Crippen LogP contribution in [0.1, 0.15) is 5.56 Å². The number of benzene rings is 7. The maximum atomic E-state index is 2.35. The van der Waals surface area contributed by atoms with E-state index in [0.717, 1.165) is 0 Å². The number of hydrogen-bond donors (Lipinski definition) is 0. The monoisotopic (exact) mass is 470 g/mol. The molecule has 0 fully saturated rings. The number of rotatable bonds is 3. The summed E-state index contributed by atoms with van der Waals surface area (Å²) in [5.41, 5.74) is 8.92. The van der Waals surface area contributed by atoms with Gasteiger partial charge in [0.15, 0.2) is 0 Å². The molecular weight excluding hydrogens is 444 g/mol. The summed E-state index contributed by atoms with van der Waals surface area (Å²) in [6, 6.07) is 50.9. The summed E-state index contributed by atoms with van der Waals surface area (Å²) in [6.07, 6.45) is 0. The minimum absolute atomic E-state index is 1.25. The third-order valence-corrected chi connectivity index (χ3v) is 7.47. The van der Waals surface area contributed by atoms with Crippen LogP contribution in [-0.2, 0) is 0 Å². The van der Waals surface area contributed by atoms with Crippen molar-refractivity contribution in [1.82, 2.24) is 0 Å². The Hall–Kier alpha value is -4.68. The van der Waals surface area contributed by atoms with Gasteiger partial charge in [-0.15, -0.1) is 0 Å². The Morgan fingerprint density at radius 1 is 0.324 bits per heavy atom. The molecule has 0 nitrogen and oxygen atoms in total. The SMILES string of the molecule is Cc1cccc(-c2ccc3cc(-c4c5ccccc5c(-c5ccccc5)c5ccccc45)ccc3c2)c1. The van der Waals surface area contributed by atoms with Crippen LogP contribution in [-0.4, -0.2) is 0 Å². The Kier molecular flexibility index (Phi) is 5.11. The van der Waals surface area contributed by atoms with Crippen molar-refractivity contribution in [2.75, 3.05) is 0 Å². The highest BCUT2D eigenvalue weighted by molar-refractivity contribution is 6.21. The molecule has 37 heavy (non-hydrogen) atoms. The minimum Gasteiger partial charge on any atom is -0.0622 e. The molecule has 0 saturated carbocycles. The zero-order chi connectivity index (χ0) is 24.8. The minimum atomic E-state index is 1.25. The van der Waals surface area contributed by atoms with Gasteiger partial charge < -0.3 is 0 Å². The molecule has 7 aromatic rings. The quantitative estimate of drug-likeness (QED) is 0.225. The average Bonchev–Trinajstić information content (AvgIpc) is 2.96. The van der Waals surface area contributed by atoms with E-state index in [-0.39, 0.29) is 0 Å². The first-order valence-corrected chi connectivity index (χ1v) is 12.9. The van der Waals surface area contributed by atoms with E-state index in [9.17, 15) is 0 Å². The van der Waals surface area contributed by atoms with Gasteiger partial charge in [-0.05, 0) is 84.8 Å². The molecular formula is C37H26. The van der Waals surface area contributed by atoms with Crippen molar-refractivity contribution < 1.29 is 0 Å². The van der Waals surface area contributed by atoms with Crippen LogP contribution in [0.5, 0.6) is 0 Å². The Morgan fingerprint density at radius 2 is 0.784 bits per heavy atom. The van der Waals surface area contributed by atoms with Crippen LogP contribution < -0.4 is 0 Å². The van der Waals surface area contributed by atoms with Gasteiger partial charge in [0, 0.05) is 0 Å². The normalized spacial score (nSPS) is 11.4. The Morgan fingerprint density at radius 3 is 1.38 bits per heavy atom. The standard InChI is InChI=1S/C37H26/c1-25-10-9-13-27(22-25)28-18-19-30-24-31(21-20-29(30)23-28)37-34-16-7-5-14-32(34)36(26-11-3-2-4-12-26)33-15-6-8-17-35(33)37/h2-24H,1H3. The Balaban J connectivity index is 1.47. The second-order valence-electron chi connectivity index (χ2n) is 9.85. The molecule has 0 aliphatic rings. The van der Waals surface area contributed by atoms with Crippen LogP contribution in [0.3, 0.4) is 0 Å². The Bertz CT molecular complexity index is 1870. The van der Waals surface area contributed by atoms with Gasteiger partial charge in [0.1, 0.15) is 0 Å². The molecule has 0 aliphatic carbocycles. The lowest BCUT2D eigenvalue weighted by molar-refractivity contribution is 1.47. The summed E-state index contributed by atoms with van der Waals surface area (Å²) in [5, 5.41) is 7.67. The predicted octanol–water partition coefficient (Wildman–Crippen LogP) is 10.5. The van der Waals surface area contributed by atoms with E-state index in [1.54, 1.807) is 0 Å². The van der Waals surface area contributed by atoms with Crippen molar-refractivity contribution in [3.8, 4) is 33.4 Å². The first-order valence-electron chi connectivity index (χ1n) is 12.9. The first kappa shape index (κ1) is 21.6. The van der Waals surface area contributed by atoms with Gasteiger partial charge in [0.05, 0.1) is 0 Å². The topological polar surface area (TPSA) is 0 Å². The third kappa shape index (κ3) is 3.70. The van der Waals surface area contributed by atoms with E-state index >= 15 is 0 Å². The summed E-state index contributed by atoms with van der Waals surface area (Å²) in [5.74, 6) is 0. The highest BCUT2D eigenvalue weighted by Gasteiger charge is 2.16. The van der Waals surface area contributed by atoms with Crippen LogP contribution in [0.25, 0.3) is 65.7 Å². The van der Waals surface area contributed by atoms with Crippen molar-refractivity contribution in [2.24, 2.45) is 0 Å². The lowest BCUT2D eigenvalue weighted by atomic mass is 9.85. The molecule has 7 aromatic carbocycles. The molecule has 0 saturated heterocycles. The third-order valence-electron chi connectivity index (χ3n) is 7.47. The number of fused-ring (bicyclic) bond motifs is 3. The van der Waals surface area contributed by atoms with Crippen LogP contribution in [0.2, 0.25) is 0 Å². The van der Waals surface area contributed by atoms with Crippen molar-refractivity contribution in [1.29, 1.82) is 0 Å². The summed E-state index contributed by atoms with van der Waals surface area (Å²) >= 11 is 0. The van der Waals surface area contributed by atoms with Crippen molar-refractivity contribution in [3.05, 3.63) is 145 Å². The molecule has 0 heteroatoms. The molecule has 7 rings (SSSR count). The zero-order valence-electron chi connectivity index (χ0n) is 20.8. The van der Waals surface area contributed by atoms with E-state index in [4.69, 9.17) is 0 Å². The summed E-state index contributed by atoms with van der Waals surface area (Å²) in [4.78, 5) is 0. The molecule has 0 bridgehead atoms. The number of aryl methyl sites for hydroxylation is 1. The highest BCUT2D eigenvalue weighted by atomic mass is 14.2. The van der Waals surface area contributed by atoms with E-state index in [1.807, 2.05) is 0 Å². The van der Waals surface area contributed by atoms with Gasteiger partial charge in [-0.1, -0.05) is 133 Å². The van der Waals surface area contributed by atoms with Gasteiger partial charge in [-0.3, -0.25) is 0 Å². The lowest BCUT2D eigenvalue weighted by Gasteiger charge is -2.18. The molecule has 0 radical (unpaired) electrons. The predicted molar refractivity (Wildman–Crippen MR) is 160 cm³/mol. The molecule has 0 atom stereocenters. The van der Waals surface area contributed by atoms with Crippen LogP contribution in [0.15, 0.2) is 140 Å². The van der Waals surface area contributed by atoms with Crippen LogP contribution >= 0.6 is 0 Å². The molecule has 0 aromatic heterocycles. The van der Waals surface area contributed by atoms with E-state index in [2.05, 4.69) is 146 Å². The summed E-state index contributed by atoms with van der Waals surface area (Å²) in [7, 11) is 0. The fourth-order valence-corrected chi connectivity index (χ4v) is 5.76. The van der Waals surface area contributed by atoms with Gasteiger partial charge in [0.2, 0.25) is 0 Å². The highest BCUT2D eigenvalue weighted by Crippen LogP contribution is 2.44. The zero-order valence-corrected chi connectivity index (χ0v) is 20.8. The van der Waals surface area contributed by atoms with Crippen molar-refractivity contribution in [2.45, 2.75) is 6.92 Å². The van der Waals surface area contributed by atoms with Crippen LogP contribution in [0.4, 0.5) is 0 Å². The maximum Gasteiger partial charge on any atom is -0.00262 e. The summed E-state index contributed by atoms with van der Waals surface area (Å²) in [6.45, 7) is 2.15. The smallest absolute Gasteiger partial charge is 0.00262 e. The van der Waals surface area contributed by atoms with Gasteiger partial charge in [-0.2, -0.15) is 0 Å². The van der Waals surface area contributed by atoms with Crippen LogP contribution in [0, 0.1) is 6.92 Å². The second-order valence-corrected chi connectivity index (χ2v) is 9.85. The van der Waals surface area contributed by atoms with E-state index < -0.39 is 0 Å². The van der Waals surface area contributed by atoms with E-state index in [1.165, 1.54) is 71.3 Å². The average molecular weight is 471 g/mol. The largest absolute Gasteiger partial charge is 0.0622 e. The molecule has 174 valence electrons. The lowest BCUT2D eigenvalue weighted by Crippen LogP contribution is -1.90.